The monoisotopic (exact) mass is 187 g/mol. The zero-order valence-corrected chi connectivity index (χ0v) is 8.70. The normalized spacial score (nSPS) is 10.8. The third-order valence-corrected chi connectivity index (χ3v) is 2.22. The highest BCUT2D eigenvalue weighted by atomic mass is 15.3. The fourth-order valence-corrected chi connectivity index (χ4v) is 1.56. The zero-order chi connectivity index (χ0) is 10.3. The number of pyridine rings is 1. The number of hydrogen-bond acceptors (Lipinski definition) is 2. The SMILES string of the molecule is C=C(C)c1nn(C)c2ncc(C)cc12. The molecule has 0 aromatic carbocycles. The van der Waals surface area contributed by atoms with Gasteiger partial charge in [-0.25, -0.2) is 9.67 Å². The van der Waals surface area contributed by atoms with Gasteiger partial charge in [0.1, 0.15) is 0 Å². The van der Waals surface area contributed by atoms with Gasteiger partial charge in [-0.3, -0.25) is 0 Å². The topological polar surface area (TPSA) is 30.7 Å². The molecular formula is C11H13N3. The lowest BCUT2D eigenvalue weighted by Gasteiger charge is -1.95. The largest absolute Gasteiger partial charge is 0.250 e. The summed E-state index contributed by atoms with van der Waals surface area (Å²) in [6, 6.07) is 2.10. The number of nitrogens with zero attached hydrogens (tertiary/aromatic N) is 3. The fourth-order valence-electron chi connectivity index (χ4n) is 1.56. The molecule has 3 heteroatoms. The number of fused-ring (bicyclic) bond motifs is 1. The van der Waals surface area contributed by atoms with Crippen LogP contribution in [0.1, 0.15) is 18.2 Å². The van der Waals surface area contributed by atoms with Crippen LogP contribution in [0, 0.1) is 6.92 Å². The van der Waals surface area contributed by atoms with E-state index in [2.05, 4.69) is 22.7 Å². The van der Waals surface area contributed by atoms with E-state index in [4.69, 9.17) is 0 Å². The van der Waals surface area contributed by atoms with Gasteiger partial charge in [-0.15, -0.1) is 0 Å². The summed E-state index contributed by atoms with van der Waals surface area (Å²) < 4.78 is 1.79. The summed E-state index contributed by atoms with van der Waals surface area (Å²) in [5.41, 5.74) is 3.98. The Balaban J connectivity index is 2.85. The molecule has 14 heavy (non-hydrogen) atoms. The van der Waals surface area contributed by atoms with Crippen molar-refractivity contribution in [2.45, 2.75) is 13.8 Å². The van der Waals surface area contributed by atoms with Crippen molar-refractivity contribution in [3.8, 4) is 0 Å². The minimum atomic E-state index is 0.911. The molecule has 0 saturated heterocycles. The predicted molar refractivity (Wildman–Crippen MR) is 58.0 cm³/mol. The van der Waals surface area contributed by atoms with Crippen LogP contribution in [0.5, 0.6) is 0 Å². The van der Waals surface area contributed by atoms with Gasteiger partial charge in [0.25, 0.3) is 0 Å². The molecule has 0 unspecified atom stereocenters. The Bertz CT molecular complexity index is 508. The summed E-state index contributed by atoms with van der Waals surface area (Å²) in [4.78, 5) is 4.34. The molecule has 2 rings (SSSR count). The summed E-state index contributed by atoms with van der Waals surface area (Å²) in [5.74, 6) is 0. The van der Waals surface area contributed by atoms with Crippen LogP contribution in [-0.2, 0) is 7.05 Å². The second-order valence-corrected chi connectivity index (χ2v) is 3.64. The van der Waals surface area contributed by atoms with E-state index in [0.29, 0.717) is 0 Å². The van der Waals surface area contributed by atoms with Gasteiger partial charge < -0.3 is 0 Å². The Morgan fingerprint density at radius 2 is 2.21 bits per heavy atom. The molecule has 3 nitrogen and oxygen atoms in total. The second kappa shape index (κ2) is 2.94. The lowest BCUT2D eigenvalue weighted by atomic mass is 10.1. The van der Waals surface area contributed by atoms with E-state index < -0.39 is 0 Å². The van der Waals surface area contributed by atoms with Crippen molar-refractivity contribution < 1.29 is 0 Å². The first-order valence-electron chi connectivity index (χ1n) is 4.55. The Morgan fingerprint density at radius 3 is 2.86 bits per heavy atom. The number of rotatable bonds is 1. The van der Waals surface area contributed by atoms with Gasteiger partial charge >= 0.3 is 0 Å². The van der Waals surface area contributed by atoms with Crippen molar-refractivity contribution in [1.29, 1.82) is 0 Å². The van der Waals surface area contributed by atoms with Gasteiger partial charge in [-0.1, -0.05) is 6.58 Å². The highest BCUT2D eigenvalue weighted by molar-refractivity contribution is 5.87. The standard InChI is InChI=1S/C11H13N3/c1-7(2)10-9-5-8(3)6-12-11(9)14(4)13-10/h5-6H,1H2,2-4H3. The maximum atomic E-state index is 4.38. The van der Waals surface area contributed by atoms with Gasteiger partial charge in [-0.2, -0.15) is 5.10 Å². The van der Waals surface area contributed by atoms with Crippen molar-refractivity contribution >= 4 is 16.6 Å². The summed E-state index contributed by atoms with van der Waals surface area (Å²) in [6.07, 6.45) is 1.85. The molecule has 0 aliphatic rings. The van der Waals surface area contributed by atoms with Gasteiger partial charge in [-0.05, 0) is 31.1 Å². The molecule has 2 aromatic heterocycles. The molecule has 0 aliphatic heterocycles. The molecule has 0 radical (unpaired) electrons. The number of aryl methyl sites for hydroxylation is 2. The van der Waals surface area contributed by atoms with E-state index in [0.717, 1.165) is 27.9 Å². The van der Waals surface area contributed by atoms with Crippen LogP contribution in [0.15, 0.2) is 18.8 Å². The maximum Gasteiger partial charge on any atom is 0.158 e. The zero-order valence-electron chi connectivity index (χ0n) is 8.70. The van der Waals surface area contributed by atoms with E-state index in [-0.39, 0.29) is 0 Å². The van der Waals surface area contributed by atoms with Crippen LogP contribution < -0.4 is 0 Å². The third kappa shape index (κ3) is 1.21. The Kier molecular flexibility index (Phi) is 1.88. The quantitative estimate of drug-likeness (QED) is 0.686. The fraction of sp³-hybridized carbons (Fsp3) is 0.273. The molecule has 2 aromatic rings. The van der Waals surface area contributed by atoms with E-state index in [1.807, 2.05) is 27.1 Å². The Morgan fingerprint density at radius 1 is 1.50 bits per heavy atom. The lowest BCUT2D eigenvalue weighted by Crippen LogP contribution is -1.91. The summed E-state index contributed by atoms with van der Waals surface area (Å²) in [7, 11) is 1.90. The average molecular weight is 187 g/mol. The molecule has 0 aliphatic carbocycles. The molecule has 0 spiro atoms. The van der Waals surface area contributed by atoms with Gasteiger partial charge in [0.15, 0.2) is 5.65 Å². The van der Waals surface area contributed by atoms with Crippen LogP contribution in [-0.4, -0.2) is 14.8 Å². The van der Waals surface area contributed by atoms with Crippen molar-refractivity contribution in [3.05, 3.63) is 30.1 Å². The first-order chi connectivity index (χ1) is 6.59. The minimum absolute atomic E-state index is 0.911. The van der Waals surface area contributed by atoms with Crippen LogP contribution in [0.4, 0.5) is 0 Å². The second-order valence-electron chi connectivity index (χ2n) is 3.64. The molecule has 0 N–H and O–H groups in total. The summed E-state index contributed by atoms with van der Waals surface area (Å²) in [5, 5.41) is 5.47. The first-order valence-corrected chi connectivity index (χ1v) is 4.55. The minimum Gasteiger partial charge on any atom is -0.250 e. The maximum absolute atomic E-state index is 4.38. The average Bonchev–Trinajstić information content (AvgIpc) is 2.43. The highest BCUT2D eigenvalue weighted by Gasteiger charge is 2.09. The van der Waals surface area contributed by atoms with Crippen LogP contribution in [0.25, 0.3) is 16.6 Å². The number of hydrogen-bond donors (Lipinski definition) is 0. The molecule has 0 saturated carbocycles. The summed E-state index contributed by atoms with van der Waals surface area (Å²) in [6.45, 7) is 7.91. The van der Waals surface area contributed by atoms with Crippen LogP contribution >= 0.6 is 0 Å². The van der Waals surface area contributed by atoms with E-state index >= 15 is 0 Å². The Hall–Kier alpha value is -1.64. The Labute approximate surface area is 83.1 Å². The van der Waals surface area contributed by atoms with Gasteiger partial charge in [0.05, 0.1) is 5.69 Å². The van der Waals surface area contributed by atoms with Crippen LogP contribution in [0.2, 0.25) is 0 Å². The molecular weight excluding hydrogens is 174 g/mol. The van der Waals surface area contributed by atoms with E-state index in [1.54, 1.807) is 4.68 Å². The van der Waals surface area contributed by atoms with Crippen LogP contribution in [0.3, 0.4) is 0 Å². The summed E-state index contributed by atoms with van der Waals surface area (Å²) >= 11 is 0. The van der Waals surface area contributed by atoms with Crippen molar-refractivity contribution in [2.24, 2.45) is 7.05 Å². The van der Waals surface area contributed by atoms with Gasteiger partial charge in [0.2, 0.25) is 0 Å². The molecule has 0 fully saturated rings. The molecule has 0 amide bonds. The number of allylic oxidation sites excluding steroid dienone is 1. The van der Waals surface area contributed by atoms with E-state index in [1.165, 1.54) is 0 Å². The molecule has 2 heterocycles. The van der Waals surface area contributed by atoms with Crippen molar-refractivity contribution in [3.63, 3.8) is 0 Å². The van der Waals surface area contributed by atoms with Gasteiger partial charge in [0, 0.05) is 18.6 Å². The molecule has 0 bridgehead atoms. The molecule has 0 atom stereocenters. The van der Waals surface area contributed by atoms with Crippen molar-refractivity contribution in [1.82, 2.24) is 14.8 Å². The lowest BCUT2D eigenvalue weighted by molar-refractivity contribution is 0.781. The smallest absolute Gasteiger partial charge is 0.158 e. The van der Waals surface area contributed by atoms with Crippen molar-refractivity contribution in [2.75, 3.05) is 0 Å². The first kappa shape index (κ1) is 8.94. The molecule has 72 valence electrons. The highest BCUT2D eigenvalue weighted by Crippen LogP contribution is 2.21. The number of aromatic nitrogens is 3. The third-order valence-electron chi connectivity index (χ3n) is 2.22. The predicted octanol–water partition coefficient (Wildman–Crippen LogP) is 2.31. The van der Waals surface area contributed by atoms with E-state index in [9.17, 15) is 0 Å².